The molecule has 2 fully saturated rings. The van der Waals surface area contributed by atoms with Crippen molar-refractivity contribution in [3.05, 3.63) is 57.2 Å². The van der Waals surface area contributed by atoms with Gasteiger partial charge >= 0.3 is 0 Å². The molecule has 2 aliphatic rings. The van der Waals surface area contributed by atoms with Gasteiger partial charge in [-0.1, -0.05) is 12.1 Å². The van der Waals surface area contributed by atoms with E-state index in [9.17, 15) is 27.6 Å². The Morgan fingerprint density at radius 1 is 1.08 bits per heavy atom. The molecule has 0 spiro atoms. The summed E-state index contributed by atoms with van der Waals surface area (Å²) < 4.78 is 42.1. The average Bonchev–Trinajstić information content (AvgIpc) is 3.40. The number of benzene rings is 1. The fraction of sp³-hybridized carbons (Fsp3) is 0.417. The Morgan fingerprint density at radius 3 is 2.47 bits per heavy atom. The molecule has 3 aromatic rings. The first-order valence-electron chi connectivity index (χ1n) is 11.6. The summed E-state index contributed by atoms with van der Waals surface area (Å²) in [5.74, 6) is -4.03. The number of alkyl halides is 2. The minimum Gasteiger partial charge on any atom is -0.366 e. The highest BCUT2D eigenvalue weighted by Gasteiger charge is 2.40. The van der Waals surface area contributed by atoms with E-state index in [1.165, 1.54) is 12.4 Å². The number of anilines is 1. The standard InChI is InChI=1S/C24H24F3N5O3S/c1-15-19-21(28-14-32(22(19)34)12-18(33)31-7-6-24(26,27)13-31)36-20(15)23(35)30-10-8-29(9-11-30)17-5-3-2-4-16(17)25/h2-5,14H,6-13H2,1H3. The van der Waals surface area contributed by atoms with E-state index in [1.807, 2.05) is 4.90 Å². The van der Waals surface area contributed by atoms with E-state index in [1.54, 1.807) is 30.0 Å². The number of hydrogen-bond donors (Lipinski definition) is 0. The Morgan fingerprint density at radius 2 is 1.81 bits per heavy atom. The van der Waals surface area contributed by atoms with Crippen LogP contribution >= 0.6 is 11.3 Å². The Kier molecular flexibility index (Phi) is 6.23. The van der Waals surface area contributed by atoms with Gasteiger partial charge in [0.1, 0.15) is 17.2 Å². The summed E-state index contributed by atoms with van der Waals surface area (Å²) in [7, 11) is 0. The lowest BCUT2D eigenvalue weighted by atomic mass is 10.2. The van der Waals surface area contributed by atoms with Crippen LogP contribution in [0.25, 0.3) is 10.2 Å². The van der Waals surface area contributed by atoms with Crippen LogP contribution in [0.5, 0.6) is 0 Å². The van der Waals surface area contributed by atoms with Crippen LogP contribution in [0.15, 0.2) is 35.4 Å². The van der Waals surface area contributed by atoms with Crippen molar-refractivity contribution in [3.8, 4) is 0 Å². The van der Waals surface area contributed by atoms with Crippen LogP contribution in [0.1, 0.15) is 21.7 Å². The Labute approximate surface area is 208 Å². The van der Waals surface area contributed by atoms with Crippen molar-refractivity contribution in [2.45, 2.75) is 25.8 Å². The molecule has 4 heterocycles. The molecule has 0 N–H and O–H groups in total. The van der Waals surface area contributed by atoms with Gasteiger partial charge in [0, 0.05) is 39.1 Å². The average molecular weight is 520 g/mol. The normalized spacial score (nSPS) is 17.7. The SMILES string of the molecule is Cc1c(C(=O)N2CCN(c3ccccc3F)CC2)sc2ncn(CC(=O)N3CCC(F)(F)C3)c(=O)c12. The van der Waals surface area contributed by atoms with Gasteiger partial charge in [0.05, 0.1) is 28.8 Å². The predicted octanol–water partition coefficient (Wildman–Crippen LogP) is 2.74. The molecule has 0 radical (unpaired) electrons. The molecule has 0 atom stereocenters. The number of thiophene rings is 1. The van der Waals surface area contributed by atoms with Gasteiger partial charge in [-0.05, 0) is 24.6 Å². The van der Waals surface area contributed by atoms with Gasteiger partial charge in [0.25, 0.3) is 17.4 Å². The van der Waals surface area contributed by atoms with Gasteiger partial charge in [-0.3, -0.25) is 19.0 Å². The zero-order valence-corrected chi connectivity index (χ0v) is 20.4. The molecule has 1 aromatic carbocycles. The van der Waals surface area contributed by atoms with Crippen molar-refractivity contribution in [2.24, 2.45) is 0 Å². The van der Waals surface area contributed by atoms with Crippen LogP contribution in [0.4, 0.5) is 18.9 Å². The lowest BCUT2D eigenvalue weighted by Gasteiger charge is -2.36. The molecule has 2 aromatic heterocycles. The van der Waals surface area contributed by atoms with E-state index in [4.69, 9.17) is 0 Å². The number of aromatic nitrogens is 2. The van der Waals surface area contributed by atoms with Gasteiger partial charge in [-0.25, -0.2) is 18.2 Å². The first-order valence-corrected chi connectivity index (χ1v) is 12.4. The molecule has 0 unspecified atom stereocenters. The van der Waals surface area contributed by atoms with Crippen molar-refractivity contribution in [3.63, 3.8) is 0 Å². The summed E-state index contributed by atoms with van der Waals surface area (Å²) in [4.78, 5) is 48.5. The molecule has 2 saturated heterocycles. The molecule has 8 nitrogen and oxygen atoms in total. The number of aryl methyl sites for hydroxylation is 1. The third kappa shape index (κ3) is 4.45. The zero-order valence-electron chi connectivity index (χ0n) is 19.5. The first-order chi connectivity index (χ1) is 17.1. The Bertz CT molecular complexity index is 1400. The molecule has 12 heteroatoms. The number of para-hydroxylation sites is 1. The number of halogens is 3. The van der Waals surface area contributed by atoms with Gasteiger partial charge in [-0.15, -0.1) is 11.3 Å². The summed E-state index contributed by atoms with van der Waals surface area (Å²) in [6, 6.07) is 6.51. The molecule has 2 amide bonds. The van der Waals surface area contributed by atoms with E-state index < -0.39 is 36.9 Å². The number of likely N-dealkylation sites (tertiary alicyclic amines) is 1. The third-order valence-electron chi connectivity index (χ3n) is 6.70. The van der Waals surface area contributed by atoms with Crippen LogP contribution in [0.3, 0.4) is 0 Å². The quantitative estimate of drug-likeness (QED) is 0.530. The molecule has 190 valence electrons. The highest BCUT2D eigenvalue weighted by molar-refractivity contribution is 7.20. The minimum absolute atomic E-state index is 0.0590. The van der Waals surface area contributed by atoms with Crippen molar-refractivity contribution >= 4 is 39.1 Å². The fourth-order valence-electron chi connectivity index (χ4n) is 4.67. The lowest BCUT2D eigenvalue weighted by molar-refractivity contribution is -0.132. The van der Waals surface area contributed by atoms with E-state index in [2.05, 4.69) is 4.98 Å². The largest absolute Gasteiger partial charge is 0.366 e. The van der Waals surface area contributed by atoms with E-state index in [-0.39, 0.29) is 23.7 Å². The summed E-state index contributed by atoms with van der Waals surface area (Å²) >= 11 is 1.11. The second-order valence-electron chi connectivity index (χ2n) is 9.07. The number of amides is 2. The molecule has 0 bridgehead atoms. The van der Waals surface area contributed by atoms with Crippen LogP contribution in [0, 0.1) is 12.7 Å². The molecule has 2 aliphatic heterocycles. The summed E-state index contributed by atoms with van der Waals surface area (Å²) in [6.07, 6.45) is 0.822. The fourth-order valence-corrected chi connectivity index (χ4v) is 5.78. The van der Waals surface area contributed by atoms with Gasteiger partial charge < -0.3 is 14.7 Å². The van der Waals surface area contributed by atoms with Gasteiger partial charge in [0.2, 0.25) is 5.91 Å². The van der Waals surface area contributed by atoms with Gasteiger partial charge in [-0.2, -0.15) is 0 Å². The molecular formula is C24H24F3N5O3S. The van der Waals surface area contributed by atoms with E-state index in [0.717, 1.165) is 20.8 Å². The number of hydrogen-bond acceptors (Lipinski definition) is 6. The molecular weight excluding hydrogens is 495 g/mol. The van der Waals surface area contributed by atoms with E-state index in [0.29, 0.717) is 47.1 Å². The number of carbonyl (C=O) groups excluding carboxylic acids is 2. The number of carbonyl (C=O) groups is 2. The zero-order chi connectivity index (χ0) is 25.6. The third-order valence-corrected chi connectivity index (χ3v) is 7.89. The topological polar surface area (TPSA) is 78.8 Å². The molecule has 5 rings (SSSR count). The maximum atomic E-state index is 14.1. The highest BCUT2D eigenvalue weighted by atomic mass is 32.1. The molecule has 0 saturated carbocycles. The second-order valence-corrected chi connectivity index (χ2v) is 10.1. The number of nitrogens with zero attached hydrogens (tertiary/aromatic N) is 5. The Hall–Kier alpha value is -3.41. The van der Waals surface area contributed by atoms with Crippen molar-refractivity contribution in [2.75, 3.05) is 44.2 Å². The monoisotopic (exact) mass is 519 g/mol. The van der Waals surface area contributed by atoms with Crippen molar-refractivity contribution in [1.29, 1.82) is 0 Å². The van der Waals surface area contributed by atoms with E-state index >= 15 is 0 Å². The van der Waals surface area contributed by atoms with Gasteiger partial charge in [0.15, 0.2) is 0 Å². The van der Waals surface area contributed by atoms with Crippen LogP contribution in [-0.4, -0.2) is 76.4 Å². The molecule has 0 aliphatic carbocycles. The number of rotatable bonds is 4. The Balaban J connectivity index is 1.32. The molecule has 36 heavy (non-hydrogen) atoms. The lowest BCUT2D eigenvalue weighted by Crippen LogP contribution is -2.49. The maximum absolute atomic E-state index is 14.1. The van der Waals surface area contributed by atoms with Crippen molar-refractivity contribution < 1.29 is 22.8 Å². The second kappa shape index (κ2) is 9.23. The smallest absolute Gasteiger partial charge is 0.267 e. The van der Waals surface area contributed by atoms with Crippen LogP contribution in [-0.2, 0) is 11.3 Å². The summed E-state index contributed by atoms with van der Waals surface area (Å²) in [6.45, 7) is 2.29. The predicted molar refractivity (Wildman–Crippen MR) is 129 cm³/mol. The van der Waals surface area contributed by atoms with Crippen molar-refractivity contribution in [1.82, 2.24) is 19.4 Å². The summed E-state index contributed by atoms with van der Waals surface area (Å²) in [5.41, 5.74) is 0.486. The highest BCUT2D eigenvalue weighted by Crippen LogP contribution is 2.30. The maximum Gasteiger partial charge on any atom is 0.267 e. The number of piperazine rings is 1. The van der Waals surface area contributed by atoms with Crippen LogP contribution < -0.4 is 10.5 Å². The van der Waals surface area contributed by atoms with Crippen LogP contribution in [0.2, 0.25) is 0 Å². The summed E-state index contributed by atoms with van der Waals surface area (Å²) in [5, 5.41) is 0.246. The minimum atomic E-state index is -2.91. The number of fused-ring (bicyclic) bond motifs is 1. The first kappa shape index (κ1) is 24.3.